The maximum absolute atomic E-state index is 12.8. The van der Waals surface area contributed by atoms with Crippen molar-refractivity contribution in [1.29, 1.82) is 0 Å². The summed E-state index contributed by atoms with van der Waals surface area (Å²) in [6.45, 7) is 2.49. The molecule has 134 valence electrons. The summed E-state index contributed by atoms with van der Waals surface area (Å²) in [7, 11) is 1.66. The number of amides is 1. The number of carbonyl (C=O) groups excluding carboxylic acids is 1. The maximum atomic E-state index is 12.8. The van der Waals surface area contributed by atoms with Crippen LogP contribution in [0.3, 0.4) is 0 Å². The van der Waals surface area contributed by atoms with Gasteiger partial charge in [0.05, 0.1) is 13.7 Å². The molecule has 4 nitrogen and oxygen atoms in total. The fourth-order valence-electron chi connectivity index (χ4n) is 4.51. The highest BCUT2D eigenvalue weighted by Gasteiger charge is 2.41. The summed E-state index contributed by atoms with van der Waals surface area (Å²) in [5.41, 5.74) is 0. The topological polar surface area (TPSA) is 38.8 Å². The van der Waals surface area contributed by atoms with Gasteiger partial charge < -0.3 is 14.4 Å². The number of likely N-dealkylation sites (tertiary alicyclic amines) is 1. The Kier molecular flexibility index (Phi) is 4.69. The normalized spacial score (nSPS) is 28.4. The molecule has 1 aromatic rings. The predicted molar refractivity (Wildman–Crippen MR) is 96.6 cm³/mol. The van der Waals surface area contributed by atoms with Gasteiger partial charge in [0.25, 0.3) is 0 Å². The zero-order chi connectivity index (χ0) is 17.2. The smallest absolute Gasteiger partial charge is 0.226 e. The largest absolute Gasteiger partial charge is 0.497 e. The van der Waals surface area contributed by atoms with Crippen LogP contribution in [0.25, 0.3) is 0 Å². The minimum Gasteiger partial charge on any atom is -0.497 e. The summed E-state index contributed by atoms with van der Waals surface area (Å²) in [5.74, 6) is 4.07. The van der Waals surface area contributed by atoms with Crippen LogP contribution in [0.4, 0.5) is 0 Å². The van der Waals surface area contributed by atoms with Gasteiger partial charge in [-0.25, -0.2) is 0 Å². The lowest BCUT2D eigenvalue weighted by molar-refractivity contribution is -0.137. The molecule has 1 saturated heterocycles. The van der Waals surface area contributed by atoms with E-state index in [0.29, 0.717) is 23.7 Å². The molecule has 0 unspecified atom stereocenters. The second-order valence-corrected chi connectivity index (χ2v) is 7.64. The minimum atomic E-state index is 0.252. The standard InChI is InChI=1S/C21H27NO3/c1-24-18-4-6-19(7-5-18)25-14-15-8-10-22(11-9-15)21(23)20-13-16-2-3-17(20)12-16/h2-7,15-17,20H,8-14H2,1H3/t16-,17+,20-/m1/s1. The number of benzene rings is 1. The maximum Gasteiger partial charge on any atom is 0.226 e. The Morgan fingerprint density at radius 3 is 2.40 bits per heavy atom. The number of ether oxygens (including phenoxy) is 2. The van der Waals surface area contributed by atoms with Crippen molar-refractivity contribution >= 4 is 5.91 Å². The number of rotatable bonds is 5. The third-order valence-corrected chi connectivity index (χ3v) is 6.07. The predicted octanol–water partition coefficient (Wildman–Crippen LogP) is 3.52. The first kappa shape index (κ1) is 16.5. The molecule has 0 radical (unpaired) electrons. The number of fused-ring (bicyclic) bond motifs is 2. The minimum absolute atomic E-state index is 0.252. The number of allylic oxidation sites excluding steroid dienone is 2. The van der Waals surface area contributed by atoms with Crippen molar-refractivity contribution in [3.63, 3.8) is 0 Å². The molecule has 0 spiro atoms. The Morgan fingerprint density at radius 1 is 1.08 bits per heavy atom. The van der Waals surface area contributed by atoms with Crippen LogP contribution in [0, 0.1) is 23.7 Å². The fourth-order valence-corrected chi connectivity index (χ4v) is 4.51. The molecule has 3 atom stereocenters. The van der Waals surface area contributed by atoms with E-state index in [4.69, 9.17) is 9.47 Å². The van der Waals surface area contributed by atoms with Gasteiger partial charge in [-0.1, -0.05) is 12.2 Å². The first-order valence-electron chi connectivity index (χ1n) is 9.47. The first-order valence-corrected chi connectivity index (χ1v) is 9.47. The highest BCUT2D eigenvalue weighted by atomic mass is 16.5. The molecule has 2 aliphatic carbocycles. The lowest BCUT2D eigenvalue weighted by atomic mass is 9.90. The van der Waals surface area contributed by atoms with Crippen LogP contribution in [0.2, 0.25) is 0 Å². The van der Waals surface area contributed by atoms with Crippen LogP contribution in [0.5, 0.6) is 11.5 Å². The van der Waals surface area contributed by atoms with Gasteiger partial charge in [0.1, 0.15) is 11.5 Å². The SMILES string of the molecule is COc1ccc(OCC2CCN(C(=O)[C@@H]3C[C@@H]4C=C[C@H]3C4)CC2)cc1. The Balaban J connectivity index is 1.23. The van der Waals surface area contributed by atoms with Gasteiger partial charge >= 0.3 is 0 Å². The molecule has 1 aromatic carbocycles. The lowest BCUT2D eigenvalue weighted by Crippen LogP contribution is -2.43. The van der Waals surface area contributed by atoms with Gasteiger partial charge in [-0.3, -0.25) is 4.79 Å². The van der Waals surface area contributed by atoms with E-state index in [1.807, 2.05) is 24.3 Å². The molecule has 2 fully saturated rings. The molecule has 4 rings (SSSR count). The second-order valence-electron chi connectivity index (χ2n) is 7.64. The Labute approximate surface area is 149 Å². The average Bonchev–Trinajstić information content (AvgIpc) is 3.30. The van der Waals surface area contributed by atoms with Crippen molar-refractivity contribution in [3.8, 4) is 11.5 Å². The number of hydrogen-bond donors (Lipinski definition) is 0. The summed E-state index contributed by atoms with van der Waals surface area (Å²) in [4.78, 5) is 14.9. The molecule has 25 heavy (non-hydrogen) atoms. The summed E-state index contributed by atoms with van der Waals surface area (Å²) in [6.07, 6.45) is 8.92. The molecule has 3 aliphatic rings. The first-order chi connectivity index (χ1) is 12.2. The van der Waals surface area contributed by atoms with Gasteiger partial charge in [-0.05, 0) is 67.7 Å². The van der Waals surface area contributed by atoms with Gasteiger partial charge in [0, 0.05) is 19.0 Å². The van der Waals surface area contributed by atoms with Gasteiger partial charge in [0.2, 0.25) is 5.91 Å². The molecule has 1 saturated carbocycles. The summed E-state index contributed by atoms with van der Waals surface area (Å²) in [6, 6.07) is 7.72. The van der Waals surface area contributed by atoms with Crippen molar-refractivity contribution in [2.75, 3.05) is 26.8 Å². The Bertz CT molecular complexity index is 631. The summed E-state index contributed by atoms with van der Waals surface area (Å²) < 4.78 is 11.1. The van der Waals surface area contributed by atoms with Crippen LogP contribution < -0.4 is 9.47 Å². The zero-order valence-corrected chi connectivity index (χ0v) is 14.9. The lowest BCUT2D eigenvalue weighted by Gasteiger charge is -2.34. The van der Waals surface area contributed by atoms with E-state index < -0.39 is 0 Å². The number of hydrogen-bond acceptors (Lipinski definition) is 3. The van der Waals surface area contributed by atoms with Crippen LogP contribution >= 0.6 is 0 Å². The van der Waals surface area contributed by atoms with Crippen molar-refractivity contribution < 1.29 is 14.3 Å². The summed E-state index contributed by atoms with van der Waals surface area (Å²) in [5, 5.41) is 0. The second kappa shape index (κ2) is 7.11. The van der Waals surface area contributed by atoms with E-state index >= 15 is 0 Å². The number of nitrogens with zero attached hydrogens (tertiary/aromatic N) is 1. The molecule has 2 bridgehead atoms. The molecule has 0 N–H and O–H groups in total. The van der Waals surface area contributed by atoms with Gasteiger partial charge in [0.15, 0.2) is 0 Å². The van der Waals surface area contributed by atoms with Crippen LogP contribution in [-0.4, -0.2) is 37.6 Å². The van der Waals surface area contributed by atoms with E-state index in [1.54, 1.807) is 7.11 Å². The quantitative estimate of drug-likeness (QED) is 0.769. The molecular formula is C21H27NO3. The molecular weight excluding hydrogens is 314 g/mol. The van der Waals surface area contributed by atoms with Crippen molar-refractivity contribution in [2.45, 2.75) is 25.7 Å². The molecule has 1 aliphatic heterocycles. The summed E-state index contributed by atoms with van der Waals surface area (Å²) >= 11 is 0. The Hall–Kier alpha value is -1.97. The third kappa shape index (κ3) is 3.53. The van der Waals surface area contributed by atoms with Crippen LogP contribution in [-0.2, 0) is 4.79 Å². The van der Waals surface area contributed by atoms with E-state index in [0.717, 1.165) is 50.5 Å². The monoisotopic (exact) mass is 341 g/mol. The van der Waals surface area contributed by atoms with Gasteiger partial charge in [-0.2, -0.15) is 0 Å². The van der Waals surface area contributed by atoms with Crippen molar-refractivity contribution in [1.82, 2.24) is 4.90 Å². The number of carbonyl (C=O) groups is 1. The molecule has 1 heterocycles. The van der Waals surface area contributed by atoms with Crippen molar-refractivity contribution in [3.05, 3.63) is 36.4 Å². The van der Waals surface area contributed by atoms with E-state index in [1.165, 1.54) is 6.42 Å². The highest BCUT2D eigenvalue weighted by Crippen LogP contribution is 2.44. The average molecular weight is 341 g/mol. The van der Waals surface area contributed by atoms with Crippen LogP contribution in [0.1, 0.15) is 25.7 Å². The van der Waals surface area contributed by atoms with Crippen LogP contribution in [0.15, 0.2) is 36.4 Å². The zero-order valence-electron chi connectivity index (χ0n) is 14.9. The highest BCUT2D eigenvalue weighted by molar-refractivity contribution is 5.80. The van der Waals surface area contributed by atoms with E-state index in [-0.39, 0.29) is 5.92 Å². The van der Waals surface area contributed by atoms with E-state index in [9.17, 15) is 4.79 Å². The molecule has 1 amide bonds. The Morgan fingerprint density at radius 2 is 1.80 bits per heavy atom. The molecule has 4 heteroatoms. The number of methoxy groups -OCH3 is 1. The fraction of sp³-hybridized carbons (Fsp3) is 0.571. The van der Waals surface area contributed by atoms with Crippen molar-refractivity contribution in [2.24, 2.45) is 23.7 Å². The molecule has 0 aromatic heterocycles. The van der Waals surface area contributed by atoms with E-state index in [2.05, 4.69) is 17.1 Å². The number of piperidine rings is 1. The van der Waals surface area contributed by atoms with Gasteiger partial charge in [-0.15, -0.1) is 0 Å². The third-order valence-electron chi connectivity index (χ3n) is 6.07.